The van der Waals surface area contributed by atoms with Crippen molar-refractivity contribution in [3.63, 3.8) is 0 Å². The molecule has 1 amide bonds. The number of carbonyl (C=O) groups is 2. The fourth-order valence-corrected chi connectivity index (χ4v) is 1.39. The summed E-state index contributed by atoms with van der Waals surface area (Å²) in [6, 6.07) is 0. The number of carbonyl (C=O) groups excluding carboxylic acids is 1. The summed E-state index contributed by atoms with van der Waals surface area (Å²) in [5.74, 6) is -0.786. The van der Waals surface area contributed by atoms with Gasteiger partial charge in [-0.2, -0.15) is 0 Å². The second kappa shape index (κ2) is 4.48. The van der Waals surface area contributed by atoms with Crippen molar-refractivity contribution in [1.82, 2.24) is 0 Å². The Kier molecular flexibility index (Phi) is 3.30. The van der Waals surface area contributed by atoms with Crippen molar-refractivity contribution in [1.29, 1.82) is 0 Å². The van der Waals surface area contributed by atoms with Gasteiger partial charge >= 0.3 is 12.1 Å². The Bertz CT molecular complexity index is 291. The second-order valence-electron chi connectivity index (χ2n) is 3.13. The van der Waals surface area contributed by atoms with Crippen LogP contribution in [0.5, 0.6) is 0 Å². The van der Waals surface area contributed by atoms with Crippen molar-refractivity contribution in [2.24, 2.45) is 11.0 Å². The van der Waals surface area contributed by atoms with Crippen LogP contribution in [0.4, 0.5) is 4.79 Å². The van der Waals surface area contributed by atoms with E-state index in [4.69, 9.17) is 10.6 Å². The zero-order valence-electron chi connectivity index (χ0n) is 7.29. The average molecular weight is 199 g/mol. The maximum absolute atomic E-state index is 10.6. The molecule has 1 fully saturated rings. The summed E-state index contributed by atoms with van der Waals surface area (Å²) in [6.45, 7) is 0. The van der Waals surface area contributed by atoms with Gasteiger partial charge in [-0.05, 0) is 24.3 Å². The number of rotatable bonds is 3. The van der Waals surface area contributed by atoms with Crippen molar-refractivity contribution < 1.29 is 19.4 Å². The van der Waals surface area contributed by atoms with Crippen LogP contribution in [0.15, 0.2) is 5.11 Å². The molecular weight excluding hydrogens is 190 g/mol. The molecule has 0 aromatic rings. The van der Waals surface area contributed by atoms with Crippen molar-refractivity contribution in [2.45, 2.75) is 25.4 Å². The second-order valence-corrected chi connectivity index (χ2v) is 3.13. The topological polar surface area (TPSA) is 112 Å². The molecule has 0 radical (unpaired) electrons. The summed E-state index contributed by atoms with van der Waals surface area (Å²) >= 11 is 0. The molecule has 7 nitrogen and oxygen atoms in total. The lowest BCUT2D eigenvalue weighted by Gasteiger charge is -2.33. The van der Waals surface area contributed by atoms with Crippen LogP contribution in [-0.2, 0) is 9.53 Å². The Balaban J connectivity index is 2.18. The summed E-state index contributed by atoms with van der Waals surface area (Å²) in [4.78, 5) is 23.1. The maximum Gasteiger partial charge on any atom is 0.397 e. The molecule has 0 aromatic carbocycles. The minimum atomic E-state index is -0.953. The third kappa shape index (κ3) is 2.95. The number of hydrogen-bond acceptors (Lipinski definition) is 3. The fraction of sp³-hybridized carbons (Fsp3) is 0.714. The largest absolute Gasteiger partial charge is 0.481 e. The van der Waals surface area contributed by atoms with E-state index < -0.39 is 12.1 Å². The van der Waals surface area contributed by atoms with Gasteiger partial charge in [0.15, 0.2) is 0 Å². The van der Waals surface area contributed by atoms with E-state index in [0.717, 1.165) is 0 Å². The molecule has 0 aromatic heterocycles. The van der Waals surface area contributed by atoms with Gasteiger partial charge in [-0.3, -0.25) is 4.79 Å². The molecule has 0 unspecified atom stereocenters. The van der Waals surface area contributed by atoms with Crippen LogP contribution in [0.2, 0.25) is 0 Å². The molecule has 0 spiro atoms. The molecule has 0 heterocycles. The van der Waals surface area contributed by atoms with Gasteiger partial charge in [0.25, 0.3) is 0 Å². The third-order valence-electron chi connectivity index (χ3n) is 2.05. The van der Waals surface area contributed by atoms with Crippen molar-refractivity contribution in [2.75, 3.05) is 0 Å². The highest BCUT2D eigenvalue weighted by Crippen LogP contribution is 2.32. The van der Waals surface area contributed by atoms with E-state index in [0.29, 0.717) is 12.8 Å². The lowest BCUT2D eigenvalue weighted by atomic mass is 9.80. The van der Waals surface area contributed by atoms with Crippen molar-refractivity contribution in [3.8, 4) is 0 Å². The van der Waals surface area contributed by atoms with E-state index in [-0.39, 0.29) is 18.4 Å². The number of ether oxygens (including phenoxy) is 1. The quantitative estimate of drug-likeness (QED) is 0.423. The Labute approximate surface area is 79.3 Å². The lowest BCUT2D eigenvalue weighted by molar-refractivity contribution is -0.139. The highest BCUT2D eigenvalue weighted by Gasteiger charge is 2.33. The van der Waals surface area contributed by atoms with Gasteiger partial charge in [0, 0.05) is 16.4 Å². The number of hydrogen-bond donors (Lipinski definition) is 1. The van der Waals surface area contributed by atoms with E-state index in [2.05, 4.69) is 14.8 Å². The van der Waals surface area contributed by atoms with E-state index in [1.54, 1.807) is 0 Å². The van der Waals surface area contributed by atoms with Gasteiger partial charge < -0.3 is 9.84 Å². The van der Waals surface area contributed by atoms with E-state index in [1.165, 1.54) is 0 Å². The number of aliphatic carboxylic acids is 1. The van der Waals surface area contributed by atoms with E-state index in [9.17, 15) is 9.59 Å². The van der Waals surface area contributed by atoms with Crippen LogP contribution >= 0.6 is 0 Å². The Morgan fingerprint density at radius 3 is 2.71 bits per heavy atom. The molecule has 7 heteroatoms. The van der Waals surface area contributed by atoms with E-state index in [1.807, 2.05) is 0 Å². The van der Waals surface area contributed by atoms with Crippen LogP contribution in [0, 0.1) is 5.92 Å². The number of carboxylic acid groups (broad SMARTS) is 1. The monoisotopic (exact) mass is 199 g/mol. The third-order valence-corrected chi connectivity index (χ3v) is 2.05. The molecule has 76 valence electrons. The normalized spacial score (nSPS) is 24.3. The molecule has 14 heavy (non-hydrogen) atoms. The number of nitrogens with zero attached hydrogens (tertiary/aromatic N) is 3. The molecule has 1 saturated carbocycles. The number of amides is 1. The molecule has 1 N–H and O–H groups in total. The Hall–Kier alpha value is -1.75. The average Bonchev–Trinajstić information content (AvgIpc) is 2.00. The van der Waals surface area contributed by atoms with Gasteiger partial charge in [0.05, 0.1) is 0 Å². The van der Waals surface area contributed by atoms with Crippen molar-refractivity contribution >= 4 is 12.1 Å². The first kappa shape index (κ1) is 10.3. The minimum Gasteiger partial charge on any atom is -0.481 e. The molecule has 1 aliphatic rings. The Morgan fingerprint density at radius 1 is 1.57 bits per heavy atom. The van der Waals surface area contributed by atoms with Crippen LogP contribution in [0.1, 0.15) is 19.3 Å². The zero-order chi connectivity index (χ0) is 10.6. The summed E-state index contributed by atoms with van der Waals surface area (Å²) in [5.41, 5.74) is 7.89. The zero-order valence-corrected chi connectivity index (χ0v) is 7.29. The predicted molar refractivity (Wildman–Crippen MR) is 44.4 cm³/mol. The van der Waals surface area contributed by atoms with Gasteiger partial charge in [0.1, 0.15) is 6.10 Å². The summed E-state index contributed by atoms with van der Waals surface area (Å²) < 4.78 is 4.69. The summed E-state index contributed by atoms with van der Waals surface area (Å²) in [6.07, 6.45) is -0.100. The van der Waals surface area contributed by atoms with Gasteiger partial charge in [-0.15, -0.1) is 0 Å². The molecule has 0 atom stereocenters. The molecule has 1 rings (SSSR count). The SMILES string of the molecule is [N-]=[N+]=NC(=O)OC1CC(CC(=O)O)C1. The molecule has 1 aliphatic carbocycles. The fourth-order valence-electron chi connectivity index (χ4n) is 1.39. The van der Waals surface area contributed by atoms with E-state index >= 15 is 0 Å². The summed E-state index contributed by atoms with van der Waals surface area (Å²) in [7, 11) is 0. The predicted octanol–water partition coefficient (Wildman–Crippen LogP) is 1.69. The smallest absolute Gasteiger partial charge is 0.397 e. The number of carboxylic acids is 1. The minimum absolute atomic E-state index is 0.0661. The van der Waals surface area contributed by atoms with Gasteiger partial charge in [0.2, 0.25) is 0 Å². The van der Waals surface area contributed by atoms with Crippen LogP contribution < -0.4 is 0 Å². The Morgan fingerprint density at radius 2 is 2.21 bits per heavy atom. The van der Waals surface area contributed by atoms with Crippen molar-refractivity contribution in [3.05, 3.63) is 10.4 Å². The van der Waals surface area contributed by atoms with Crippen LogP contribution in [-0.4, -0.2) is 23.3 Å². The standard InChI is InChI=1S/C7H9N3O4/c8-10-9-7(13)14-5-1-4(2-5)3-6(11)12/h4-5H,1-3H2,(H,11,12). The first-order valence-electron chi connectivity index (χ1n) is 4.09. The first-order valence-corrected chi connectivity index (χ1v) is 4.09. The van der Waals surface area contributed by atoms with Crippen LogP contribution in [0.3, 0.4) is 0 Å². The maximum atomic E-state index is 10.6. The highest BCUT2D eigenvalue weighted by molar-refractivity contribution is 5.68. The molecule has 0 saturated heterocycles. The first-order chi connectivity index (χ1) is 6.61. The van der Waals surface area contributed by atoms with Gasteiger partial charge in [-0.1, -0.05) is 0 Å². The lowest BCUT2D eigenvalue weighted by Crippen LogP contribution is -2.33. The molecular formula is C7H9N3O4. The van der Waals surface area contributed by atoms with Crippen LogP contribution in [0.25, 0.3) is 10.4 Å². The summed E-state index contributed by atoms with van der Waals surface area (Å²) in [5, 5.41) is 11.2. The van der Waals surface area contributed by atoms with Gasteiger partial charge in [-0.25, -0.2) is 4.79 Å². The molecule has 0 bridgehead atoms. The molecule has 0 aliphatic heterocycles. The highest BCUT2D eigenvalue weighted by atomic mass is 16.6. The number of azide groups is 1.